The first-order chi connectivity index (χ1) is 19.5. The molecule has 0 radical (unpaired) electrons. The number of nitrogens with zero attached hydrogens (tertiary/aromatic N) is 2. The Morgan fingerprint density at radius 2 is 1.71 bits per heavy atom. The molecule has 210 valence electrons. The minimum Gasteiger partial charge on any atom is -0.489 e. The summed E-state index contributed by atoms with van der Waals surface area (Å²) in [6.45, 7) is 12.9. The minimum atomic E-state index is -0.526. The number of aryl methyl sites for hydroxylation is 3. The SMILES string of the molecule is CCc1ccccc1N1C(N)=C(C#N)C(c2cc(C)cc(COc3ccc(C)cc3)c2C)C2=C1CC(C)(C)CC2=O. The number of nitrogens with two attached hydrogens (primary N) is 1. The van der Waals surface area contributed by atoms with E-state index in [2.05, 4.69) is 58.9 Å². The summed E-state index contributed by atoms with van der Waals surface area (Å²) in [4.78, 5) is 16.1. The van der Waals surface area contributed by atoms with Crippen molar-refractivity contribution in [1.29, 1.82) is 5.26 Å². The van der Waals surface area contributed by atoms with Crippen molar-refractivity contribution in [3.8, 4) is 11.8 Å². The lowest BCUT2D eigenvalue weighted by Crippen LogP contribution is -2.42. The van der Waals surface area contributed by atoms with Crippen molar-refractivity contribution < 1.29 is 9.53 Å². The molecule has 5 nitrogen and oxygen atoms in total. The van der Waals surface area contributed by atoms with Gasteiger partial charge in [-0.05, 0) is 79.5 Å². The van der Waals surface area contributed by atoms with E-state index in [-0.39, 0.29) is 11.2 Å². The Morgan fingerprint density at radius 1 is 1.00 bits per heavy atom. The third-order valence-corrected chi connectivity index (χ3v) is 8.42. The van der Waals surface area contributed by atoms with Crippen molar-refractivity contribution in [1.82, 2.24) is 0 Å². The van der Waals surface area contributed by atoms with Gasteiger partial charge in [-0.2, -0.15) is 5.26 Å². The molecule has 41 heavy (non-hydrogen) atoms. The molecule has 0 amide bonds. The summed E-state index contributed by atoms with van der Waals surface area (Å²) < 4.78 is 6.17. The summed E-state index contributed by atoms with van der Waals surface area (Å²) >= 11 is 0. The van der Waals surface area contributed by atoms with Crippen LogP contribution in [0.4, 0.5) is 5.69 Å². The van der Waals surface area contributed by atoms with Crippen molar-refractivity contribution in [3.63, 3.8) is 0 Å². The Morgan fingerprint density at radius 3 is 2.39 bits per heavy atom. The quantitative estimate of drug-likeness (QED) is 0.343. The van der Waals surface area contributed by atoms with Gasteiger partial charge in [0.25, 0.3) is 0 Å². The second-order valence-electron chi connectivity index (χ2n) is 12.2. The zero-order chi connectivity index (χ0) is 29.5. The molecular weight excluding hydrogens is 506 g/mol. The van der Waals surface area contributed by atoms with Gasteiger partial charge >= 0.3 is 0 Å². The highest BCUT2D eigenvalue weighted by Crippen LogP contribution is 2.51. The largest absolute Gasteiger partial charge is 0.489 e. The minimum absolute atomic E-state index is 0.0823. The molecule has 1 heterocycles. The molecule has 1 unspecified atom stereocenters. The summed E-state index contributed by atoms with van der Waals surface area (Å²) in [5.74, 6) is 0.763. The van der Waals surface area contributed by atoms with E-state index in [4.69, 9.17) is 10.5 Å². The second-order valence-corrected chi connectivity index (χ2v) is 12.2. The third kappa shape index (κ3) is 5.27. The van der Waals surface area contributed by atoms with E-state index >= 15 is 0 Å². The Bertz CT molecular complexity index is 1620. The van der Waals surface area contributed by atoms with Crippen molar-refractivity contribution in [3.05, 3.63) is 117 Å². The van der Waals surface area contributed by atoms with Gasteiger partial charge in [0.15, 0.2) is 5.78 Å². The van der Waals surface area contributed by atoms with E-state index in [0.717, 1.165) is 51.4 Å². The first kappa shape index (κ1) is 28.2. The molecule has 0 spiro atoms. The average molecular weight is 546 g/mol. The highest BCUT2D eigenvalue weighted by molar-refractivity contribution is 6.02. The van der Waals surface area contributed by atoms with Crippen molar-refractivity contribution in [2.75, 3.05) is 4.90 Å². The lowest BCUT2D eigenvalue weighted by molar-refractivity contribution is -0.118. The van der Waals surface area contributed by atoms with Gasteiger partial charge < -0.3 is 10.5 Å². The van der Waals surface area contributed by atoms with Crippen molar-refractivity contribution in [2.24, 2.45) is 11.1 Å². The van der Waals surface area contributed by atoms with Crippen LogP contribution >= 0.6 is 0 Å². The van der Waals surface area contributed by atoms with Crippen LogP contribution in [-0.4, -0.2) is 5.78 Å². The number of carbonyl (C=O) groups excluding carboxylic acids is 1. The molecule has 5 rings (SSSR count). The molecule has 3 aromatic carbocycles. The summed E-state index contributed by atoms with van der Waals surface area (Å²) in [5, 5.41) is 10.6. The van der Waals surface area contributed by atoms with Crippen LogP contribution in [0.15, 0.2) is 83.3 Å². The van der Waals surface area contributed by atoms with Gasteiger partial charge in [0.1, 0.15) is 18.2 Å². The van der Waals surface area contributed by atoms with Gasteiger partial charge in [-0.25, -0.2) is 0 Å². The van der Waals surface area contributed by atoms with Crippen LogP contribution in [0.2, 0.25) is 0 Å². The maximum absolute atomic E-state index is 14.1. The molecular formula is C36H39N3O2. The lowest BCUT2D eigenvalue weighted by atomic mass is 9.67. The number of anilines is 1. The number of benzene rings is 3. The Hall–Kier alpha value is -4.30. The van der Waals surface area contributed by atoms with Crippen LogP contribution in [0.5, 0.6) is 5.75 Å². The second kappa shape index (κ2) is 10.9. The highest BCUT2D eigenvalue weighted by atomic mass is 16.5. The highest BCUT2D eigenvalue weighted by Gasteiger charge is 2.45. The van der Waals surface area contributed by atoms with Crippen LogP contribution in [0, 0.1) is 37.5 Å². The molecule has 0 aromatic heterocycles. The fourth-order valence-corrected chi connectivity index (χ4v) is 6.33. The van der Waals surface area contributed by atoms with Gasteiger partial charge in [-0.1, -0.05) is 74.4 Å². The van der Waals surface area contributed by atoms with Gasteiger partial charge in [0, 0.05) is 17.7 Å². The van der Waals surface area contributed by atoms with E-state index in [0.29, 0.717) is 36.4 Å². The summed E-state index contributed by atoms with van der Waals surface area (Å²) in [7, 11) is 0. The Kier molecular flexibility index (Phi) is 7.53. The fourth-order valence-electron chi connectivity index (χ4n) is 6.33. The summed E-state index contributed by atoms with van der Waals surface area (Å²) in [6.07, 6.45) is 1.93. The number of rotatable bonds is 6. The van der Waals surface area contributed by atoms with E-state index in [1.165, 1.54) is 5.56 Å². The average Bonchev–Trinajstić information content (AvgIpc) is 2.93. The van der Waals surface area contributed by atoms with E-state index in [1.807, 2.05) is 54.3 Å². The molecule has 1 atom stereocenters. The van der Waals surface area contributed by atoms with E-state index in [1.54, 1.807) is 0 Å². The fraction of sp³-hybridized carbons (Fsp3) is 0.333. The van der Waals surface area contributed by atoms with E-state index in [9.17, 15) is 10.1 Å². The summed E-state index contributed by atoms with van der Waals surface area (Å²) in [6, 6.07) is 22.8. The predicted octanol–water partition coefficient (Wildman–Crippen LogP) is 7.69. The molecule has 2 aliphatic rings. The number of ether oxygens (including phenoxy) is 1. The van der Waals surface area contributed by atoms with Crippen LogP contribution in [0.25, 0.3) is 0 Å². The zero-order valence-corrected chi connectivity index (χ0v) is 25.0. The molecule has 1 aliphatic heterocycles. The number of para-hydroxylation sites is 1. The molecule has 0 fully saturated rings. The first-order valence-electron chi connectivity index (χ1n) is 14.4. The molecule has 2 N–H and O–H groups in total. The first-order valence-corrected chi connectivity index (χ1v) is 14.4. The summed E-state index contributed by atoms with van der Waals surface area (Å²) in [5.41, 5.74) is 16.0. The zero-order valence-electron chi connectivity index (χ0n) is 25.0. The Balaban J connectivity index is 1.68. The monoisotopic (exact) mass is 545 g/mol. The molecule has 0 saturated heterocycles. The predicted molar refractivity (Wildman–Crippen MR) is 164 cm³/mol. The third-order valence-electron chi connectivity index (χ3n) is 8.42. The topological polar surface area (TPSA) is 79.3 Å². The normalized spacial score (nSPS) is 18.3. The van der Waals surface area contributed by atoms with Crippen LogP contribution in [0.1, 0.15) is 72.9 Å². The molecule has 3 aromatic rings. The number of nitriles is 1. The lowest BCUT2D eigenvalue weighted by Gasteiger charge is -2.44. The van der Waals surface area contributed by atoms with Gasteiger partial charge in [-0.3, -0.25) is 9.69 Å². The van der Waals surface area contributed by atoms with E-state index < -0.39 is 5.92 Å². The Labute approximate surface area is 243 Å². The number of hydrogen-bond donors (Lipinski definition) is 1. The van der Waals surface area contributed by atoms with Gasteiger partial charge in [-0.15, -0.1) is 0 Å². The molecule has 5 heteroatoms. The smallest absolute Gasteiger partial charge is 0.162 e. The van der Waals surface area contributed by atoms with Crippen molar-refractivity contribution in [2.45, 2.75) is 73.3 Å². The van der Waals surface area contributed by atoms with Gasteiger partial charge in [0.2, 0.25) is 0 Å². The number of hydrogen-bond acceptors (Lipinski definition) is 5. The number of carbonyl (C=O) groups is 1. The molecule has 1 aliphatic carbocycles. The van der Waals surface area contributed by atoms with Gasteiger partial charge in [0.05, 0.1) is 23.2 Å². The number of Topliss-reactive ketones (excluding diaryl/α,β-unsaturated/α-hetero) is 1. The maximum Gasteiger partial charge on any atom is 0.162 e. The van der Waals surface area contributed by atoms with Crippen LogP contribution in [-0.2, 0) is 17.8 Å². The van der Waals surface area contributed by atoms with Crippen LogP contribution < -0.4 is 15.4 Å². The maximum atomic E-state index is 14.1. The molecule has 0 bridgehead atoms. The number of ketones is 1. The van der Waals surface area contributed by atoms with Crippen molar-refractivity contribution >= 4 is 11.5 Å². The number of allylic oxidation sites excluding steroid dienone is 3. The van der Waals surface area contributed by atoms with Crippen LogP contribution in [0.3, 0.4) is 0 Å². The molecule has 0 saturated carbocycles. The standard InChI is InChI=1S/C36H39N3O2/c1-7-25-10-8-9-11-30(25)39-31-18-36(5,6)19-32(40)34(31)33(29(20-37)35(39)38)28-17-23(3)16-26(24(28)4)21-41-27-14-12-22(2)13-15-27/h8-17,33H,7,18-19,21,38H2,1-6H3.